The van der Waals surface area contributed by atoms with Gasteiger partial charge in [-0.3, -0.25) is 10.6 Å². The van der Waals surface area contributed by atoms with Crippen molar-refractivity contribution in [3.05, 3.63) is 71.8 Å². The molecule has 0 amide bonds. The van der Waals surface area contributed by atoms with E-state index in [0.29, 0.717) is 12.1 Å². The Labute approximate surface area is 139 Å². The van der Waals surface area contributed by atoms with E-state index in [1.165, 1.54) is 36.8 Å². The average molecular weight is 306 g/mol. The number of hydrogen-bond acceptors (Lipinski definition) is 2. The first-order chi connectivity index (χ1) is 11.3. The molecule has 4 rings (SSSR count). The van der Waals surface area contributed by atoms with Crippen LogP contribution in [0.3, 0.4) is 0 Å². The van der Waals surface area contributed by atoms with E-state index in [-0.39, 0.29) is 5.66 Å². The normalized spacial score (nSPS) is 29.7. The van der Waals surface area contributed by atoms with Gasteiger partial charge in [-0.2, -0.15) is 0 Å². The first-order valence-electron chi connectivity index (χ1n) is 8.91. The third kappa shape index (κ3) is 2.93. The predicted molar refractivity (Wildman–Crippen MR) is 95.0 cm³/mol. The molecule has 2 aromatic rings. The molecule has 2 aliphatic rings. The third-order valence-corrected chi connectivity index (χ3v) is 5.51. The molecule has 1 heterocycles. The van der Waals surface area contributed by atoms with Crippen molar-refractivity contribution in [2.24, 2.45) is 5.92 Å². The molecule has 2 fully saturated rings. The van der Waals surface area contributed by atoms with Gasteiger partial charge in [0.05, 0.1) is 17.7 Å². The summed E-state index contributed by atoms with van der Waals surface area (Å²) < 4.78 is 0. The van der Waals surface area contributed by atoms with Gasteiger partial charge in [-0.15, -0.1) is 0 Å². The maximum Gasteiger partial charge on any atom is 0.0700 e. The van der Waals surface area contributed by atoms with Gasteiger partial charge < -0.3 is 0 Å². The van der Waals surface area contributed by atoms with Crippen LogP contribution in [0.2, 0.25) is 0 Å². The molecule has 2 N–H and O–H groups in total. The molecular weight excluding hydrogens is 280 g/mol. The van der Waals surface area contributed by atoms with Crippen molar-refractivity contribution >= 4 is 0 Å². The first-order valence-corrected chi connectivity index (χ1v) is 8.91. The standard InChI is InChI=1S/C21H26N2/c1-16-9-8-14-21(15-16)22-19(17-10-4-2-5-11-17)20(23-21)18-12-6-3-7-13-18/h2-7,10-13,16,19-20,22-23H,8-9,14-15H2,1H3/t16-,19+,20+/m0/s1. The van der Waals surface area contributed by atoms with Crippen molar-refractivity contribution < 1.29 is 0 Å². The van der Waals surface area contributed by atoms with Gasteiger partial charge in [-0.05, 0) is 29.9 Å². The van der Waals surface area contributed by atoms with Crippen LogP contribution in [0, 0.1) is 5.92 Å². The zero-order valence-corrected chi connectivity index (χ0v) is 13.8. The minimum atomic E-state index is 0.0959. The molecule has 1 saturated heterocycles. The van der Waals surface area contributed by atoms with E-state index in [9.17, 15) is 0 Å². The fraction of sp³-hybridized carbons (Fsp3) is 0.429. The smallest absolute Gasteiger partial charge is 0.0700 e. The monoisotopic (exact) mass is 306 g/mol. The van der Waals surface area contributed by atoms with Gasteiger partial charge in [0, 0.05) is 0 Å². The second kappa shape index (κ2) is 6.10. The van der Waals surface area contributed by atoms with Gasteiger partial charge in [0.15, 0.2) is 0 Å². The summed E-state index contributed by atoms with van der Waals surface area (Å²) in [5.41, 5.74) is 2.85. The molecule has 1 aliphatic carbocycles. The second-order valence-electron chi connectivity index (χ2n) is 7.35. The van der Waals surface area contributed by atoms with Crippen LogP contribution in [0.25, 0.3) is 0 Å². The Kier molecular flexibility index (Phi) is 3.96. The maximum absolute atomic E-state index is 3.99. The van der Waals surface area contributed by atoms with Crippen LogP contribution in [0.4, 0.5) is 0 Å². The minimum Gasteiger partial charge on any atom is -0.290 e. The van der Waals surface area contributed by atoms with Crippen molar-refractivity contribution in [3.8, 4) is 0 Å². The Morgan fingerprint density at radius 1 is 0.826 bits per heavy atom. The van der Waals surface area contributed by atoms with E-state index >= 15 is 0 Å². The Morgan fingerprint density at radius 2 is 1.35 bits per heavy atom. The summed E-state index contributed by atoms with van der Waals surface area (Å²) >= 11 is 0. The number of rotatable bonds is 2. The van der Waals surface area contributed by atoms with Crippen LogP contribution >= 0.6 is 0 Å². The van der Waals surface area contributed by atoms with E-state index in [0.717, 1.165) is 5.92 Å². The summed E-state index contributed by atoms with van der Waals surface area (Å²) in [5, 5.41) is 7.98. The number of hydrogen-bond donors (Lipinski definition) is 2. The predicted octanol–water partition coefficient (Wildman–Crippen LogP) is 4.57. The Morgan fingerprint density at radius 3 is 1.83 bits per heavy atom. The maximum atomic E-state index is 3.99. The van der Waals surface area contributed by atoms with Crippen LogP contribution in [-0.4, -0.2) is 5.66 Å². The largest absolute Gasteiger partial charge is 0.290 e. The highest BCUT2D eigenvalue weighted by Gasteiger charge is 2.46. The van der Waals surface area contributed by atoms with Crippen molar-refractivity contribution in [3.63, 3.8) is 0 Å². The Hall–Kier alpha value is -1.64. The fourth-order valence-electron chi connectivity index (χ4n) is 4.49. The quantitative estimate of drug-likeness (QED) is 0.849. The SMILES string of the molecule is C[C@H]1CCCC2(C1)N[C@H](c1ccccc1)[C@@H](c1ccccc1)N2. The third-order valence-electron chi connectivity index (χ3n) is 5.51. The van der Waals surface area contributed by atoms with E-state index in [2.05, 4.69) is 78.2 Å². The Bertz CT molecular complexity index is 590. The molecule has 3 atom stereocenters. The van der Waals surface area contributed by atoms with Gasteiger partial charge in [-0.1, -0.05) is 80.4 Å². The highest BCUT2D eigenvalue weighted by molar-refractivity contribution is 5.31. The van der Waals surface area contributed by atoms with Gasteiger partial charge >= 0.3 is 0 Å². The van der Waals surface area contributed by atoms with Crippen molar-refractivity contribution in [2.75, 3.05) is 0 Å². The van der Waals surface area contributed by atoms with E-state index in [4.69, 9.17) is 0 Å². The molecular formula is C21H26N2. The van der Waals surface area contributed by atoms with Crippen LogP contribution in [-0.2, 0) is 0 Å². The molecule has 2 aromatic carbocycles. The molecule has 2 nitrogen and oxygen atoms in total. The molecule has 0 aromatic heterocycles. The Balaban J connectivity index is 1.69. The molecule has 0 bridgehead atoms. The van der Waals surface area contributed by atoms with E-state index in [1.807, 2.05) is 0 Å². The lowest BCUT2D eigenvalue weighted by atomic mass is 9.82. The van der Waals surface area contributed by atoms with Crippen LogP contribution in [0.5, 0.6) is 0 Å². The summed E-state index contributed by atoms with van der Waals surface area (Å²) in [5.74, 6) is 0.787. The molecule has 1 spiro atoms. The minimum absolute atomic E-state index is 0.0959. The van der Waals surface area contributed by atoms with Crippen molar-refractivity contribution in [1.82, 2.24) is 10.6 Å². The van der Waals surface area contributed by atoms with Gasteiger partial charge in [-0.25, -0.2) is 0 Å². The van der Waals surface area contributed by atoms with E-state index < -0.39 is 0 Å². The molecule has 1 aliphatic heterocycles. The zero-order chi connectivity index (χ0) is 15.7. The van der Waals surface area contributed by atoms with Crippen LogP contribution in [0.15, 0.2) is 60.7 Å². The fourth-order valence-corrected chi connectivity index (χ4v) is 4.49. The zero-order valence-electron chi connectivity index (χ0n) is 13.8. The molecule has 2 heteroatoms. The molecule has 23 heavy (non-hydrogen) atoms. The number of nitrogens with one attached hydrogen (secondary N) is 2. The summed E-state index contributed by atoms with van der Waals surface area (Å²) in [6.07, 6.45) is 5.12. The number of benzene rings is 2. The van der Waals surface area contributed by atoms with Crippen molar-refractivity contribution in [2.45, 2.75) is 50.4 Å². The second-order valence-corrected chi connectivity index (χ2v) is 7.35. The summed E-state index contributed by atoms with van der Waals surface area (Å²) in [6, 6.07) is 22.5. The summed E-state index contributed by atoms with van der Waals surface area (Å²) in [7, 11) is 0. The van der Waals surface area contributed by atoms with Gasteiger partial charge in [0.2, 0.25) is 0 Å². The summed E-state index contributed by atoms with van der Waals surface area (Å²) in [6.45, 7) is 2.39. The lowest BCUT2D eigenvalue weighted by molar-refractivity contribution is 0.179. The summed E-state index contributed by atoms with van der Waals surface area (Å²) in [4.78, 5) is 0. The average Bonchev–Trinajstić information content (AvgIpc) is 2.95. The lowest BCUT2D eigenvalue weighted by Crippen LogP contribution is -2.52. The van der Waals surface area contributed by atoms with Crippen LogP contribution < -0.4 is 10.6 Å². The topological polar surface area (TPSA) is 24.1 Å². The highest BCUT2D eigenvalue weighted by Crippen LogP contribution is 2.43. The van der Waals surface area contributed by atoms with E-state index in [1.54, 1.807) is 0 Å². The highest BCUT2D eigenvalue weighted by atomic mass is 15.3. The molecule has 120 valence electrons. The first kappa shape index (κ1) is 14.9. The molecule has 0 unspecified atom stereocenters. The lowest BCUT2D eigenvalue weighted by Gasteiger charge is -2.38. The van der Waals surface area contributed by atoms with Crippen LogP contribution in [0.1, 0.15) is 55.8 Å². The van der Waals surface area contributed by atoms with Crippen molar-refractivity contribution in [1.29, 1.82) is 0 Å². The van der Waals surface area contributed by atoms with Gasteiger partial charge in [0.1, 0.15) is 0 Å². The molecule has 1 saturated carbocycles. The molecule has 0 radical (unpaired) electrons. The van der Waals surface area contributed by atoms with Gasteiger partial charge in [0.25, 0.3) is 0 Å².